The third-order valence-electron chi connectivity index (χ3n) is 6.42. The molecule has 12 nitrogen and oxygen atoms in total. The minimum absolute atomic E-state index is 0.143. The van der Waals surface area contributed by atoms with Gasteiger partial charge in [-0.2, -0.15) is 9.78 Å². The highest BCUT2D eigenvalue weighted by molar-refractivity contribution is 8.01. The number of ether oxygens (including phenoxy) is 1. The quantitative estimate of drug-likeness (QED) is 0.250. The van der Waals surface area contributed by atoms with Crippen molar-refractivity contribution in [3.63, 3.8) is 0 Å². The molecule has 0 saturated heterocycles. The van der Waals surface area contributed by atoms with Gasteiger partial charge in [-0.3, -0.25) is 20.2 Å². The molecule has 0 radical (unpaired) electrons. The number of aromatic nitrogens is 3. The van der Waals surface area contributed by atoms with Gasteiger partial charge in [0.05, 0.1) is 29.1 Å². The normalized spacial score (nSPS) is 17.6. The molecule has 0 aliphatic carbocycles. The van der Waals surface area contributed by atoms with Crippen molar-refractivity contribution in [3.05, 3.63) is 98.1 Å². The highest BCUT2D eigenvalue weighted by atomic mass is 32.2. The molecule has 1 aromatic heterocycles. The molecule has 190 valence electrons. The molecule has 0 amide bonds. The zero-order valence-corrected chi connectivity index (χ0v) is 20.9. The zero-order chi connectivity index (χ0) is 26.6. The number of hydrogen-bond donors (Lipinski definition) is 0. The fourth-order valence-corrected chi connectivity index (χ4v) is 5.78. The van der Waals surface area contributed by atoms with Crippen LogP contribution in [0.5, 0.6) is 5.75 Å². The zero-order valence-electron chi connectivity index (χ0n) is 20.1. The molecule has 4 aromatic rings. The summed E-state index contributed by atoms with van der Waals surface area (Å²) >= 11 is 1.47. The molecule has 2 aliphatic rings. The molecule has 6 rings (SSSR count). The van der Waals surface area contributed by atoms with Crippen molar-refractivity contribution in [1.82, 2.24) is 14.8 Å². The van der Waals surface area contributed by atoms with Gasteiger partial charge >= 0.3 is 5.69 Å². The SMILES string of the molecule is COc1ccc(C2C3Sc4nc(-c5ccc(C)cc5)nn4C3=NN2c2ccc([N+](=O)[O-])cc2[N+](=O)[O-])cc1. The summed E-state index contributed by atoms with van der Waals surface area (Å²) in [5, 5.41) is 34.7. The summed E-state index contributed by atoms with van der Waals surface area (Å²) in [5.74, 6) is 1.79. The molecule has 13 heteroatoms. The summed E-state index contributed by atoms with van der Waals surface area (Å²) in [4.78, 5) is 26.7. The number of hydrogen-bond acceptors (Lipinski definition) is 10. The number of non-ortho nitro benzene ring substituents is 1. The third-order valence-corrected chi connectivity index (χ3v) is 7.62. The molecule has 38 heavy (non-hydrogen) atoms. The van der Waals surface area contributed by atoms with Gasteiger partial charge in [0.15, 0.2) is 16.8 Å². The molecule has 0 N–H and O–H groups in total. The number of nitro groups is 2. The van der Waals surface area contributed by atoms with Crippen LogP contribution < -0.4 is 9.75 Å². The van der Waals surface area contributed by atoms with E-state index in [1.807, 2.05) is 55.5 Å². The Hall–Kier alpha value is -4.78. The Bertz CT molecular complexity index is 1620. The van der Waals surface area contributed by atoms with Crippen LogP contribution in [-0.2, 0) is 0 Å². The molecule has 0 spiro atoms. The number of hydrazone groups is 1. The Morgan fingerprint density at radius 1 is 0.974 bits per heavy atom. The van der Waals surface area contributed by atoms with E-state index in [9.17, 15) is 20.2 Å². The van der Waals surface area contributed by atoms with E-state index in [4.69, 9.17) is 19.9 Å². The Morgan fingerprint density at radius 3 is 2.37 bits per heavy atom. The number of nitrogens with zero attached hydrogens (tertiary/aromatic N) is 7. The molecule has 0 bridgehead atoms. The van der Waals surface area contributed by atoms with E-state index in [-0.39, 0.29) is 16.6 Å². The number of methoxy groups -OCH3 is 1. The number of fused-ring (bicyclic) bond motifs is 3. The Morgan fingerprint density at radius 2 is 1.71 bits per heavy atom. The van der Waals surface area contributed by atoms with E-state index < -0.39 is 21.6 Å². The maximum Gasteiger partial charge on any atom is 0.301 e. The van der Waals surface area contributed by atoms with Crippen molar-refractivity contribution in [2.24, 2.45) is 5.10 Å². The largest absolute Gasteiger partial charge is 0.497 e. The number of thioether (sulfide) groups is 1. The highest BCUT2D eigenvalue weighted by Gasteiger charge is 2.48. The van der Waals surface area contributed by atoms with Crippen LogP contribution in [0, 0.1) is 27.2 Å². The summed E-state index contributed by atoms with van der Waals surface area (Å²) in [7, 11) is 1.57. The average Bonchev–Trinajstić information content (AvgIpc) is 3.58. The van der Waals surface area contributed by atoms with Gasteiger partial charge in [-0.05, 0) is 30.7 Å². The molecular weight excluding hydrogens is 510 g/mol. The van der Waals surface area contributed by atoms with Crippen LogP contribution >= 0.6 is 11.8 Å². The fourth-order valence-electron chi connectivity index (χ4n) is 4.53. The van der Waals surface area contributed by atoms with Crippen LogP contribution in [0.2, 0.25) is 0 Å². The summed E-state index contributed by atoms with van der Waals surface area (Å²) < 4.78 is 6.96. The van der Waals surface area contributed by atoms with Gasteiger partial charge in [0, 0.05) is 11.6 Å². The number of anilines is 1. The Labute approximate surface area is 219 Å². The van der Waals surface area contributed by atoms with Gasteiger partial charge in [-0.1, -0.05) is 53.7 Å². The van der Waals surface area contributed by atoms with Gasteiger partial charge in [-0.15, -0.1) is 5.10 Å². The maximum atomic E-state index is 12.0. The molecule has 3 heterocycles. The standard InChI is InChI=1S/C25H19N7O5S/c1-14-3-5-16(6-4-14)23-26-25-30(27-23)24-22(38-25)21(15-7-10-18(37-2)11-8-15)29(28-24)19-12-9-17(31(33)34)13-20(19)32(35)36/h3-13,21-22H,1-2H3. The lowest BCUT2D eigenvalue weighted by Crippen LogP contribution is -2.27. The first kappa shape index (κ1) is 23.6. The van der Waals surface area contributed by atoms with Crippen molar-refractivity contribution < 1.29 is 14.6 Å². The monoisotopic (exact) mass is 529 g/mol. The second-order valence-corrected chi connectivity index (χ2v) is 9.85. The van der Waals surface area contributed by atoms with Gasteiger partial charge in [0.1, 0.15) is 16.7 Å². The summed E-state index contributed by atoms with van der Waals surface area (Å²) in [6, 6.07) is 18.3. The number of benzene rings is 3. The lowest BCUT2D eigenvalue weighted by molar-refractivity contribution is -0.393. The van der Waals surface area contributed by atoms with E-state index in [0.29, 0.717) is 22.6 Å². The third kappa shape index (κ3) is 3.84. The summed E-state index contributed by atoms with van der Waals surface area (Å²) in [6.07, 6.45) is 0. The minimum atomic E-state index is -0.660. The van der Waals surface area contributed by atoms with Gasteiger partial charge in [0.25, 0.3) is 5.69 Å². The predicted octanol–water partition coefficient (Wildman–Crippen LogP) is 4.98. The molecule has 0 saturated carbocycles. The molecule has 2 aliphatic heterocycles. The molecule has 3 aromatic carbocycles. The molecule has 2 atom stereocenters. The van der Waals surface area contributed by atoms with Crippen LogP contribution in [-0.4, -0.2) is 42.8 Å². The van der Waals surface area contributed by atoms with Gasteiger partial charge < -0.3 is 4.74 Å². The Kier molecular flexibility index (Phi) is 5.56. The van der Waals surface area contributed by atoms with Crippen LogP contribution in [0.4, 0.5) is 17.1 Å². The van der Waals surface area contributed by atoms with Crippen LogP contribution in [0.1, 0.15) is 17.2 Å². The Balaban J connectivity index is 1.47. The summed E-state index contributed by atoms with van der Waals surface area (Å²) in [6.45, 7) is 2.00. The van der Waals surface area contributed by atoms with Crippen LogP contribution in [0.3, 0.4) is 0 Å². The maximum absolute atomic E-state index is 12.0. The first-order chi connectivity index (χ1) is 18.3. The minimum Gasteiger partial charge on any atom is -0.497 e. The smallest absolute Gasteiger partial charge is 0.301 e. The van der Waals surface area contributed by atoms with Crippen LogP contribution in [0.15, 0.2) is 77.0 Å². The second kappa shape index (κ2) is 8.95. The molecular formula is C25H19N7O5S. The molecule has 0 fully saturated rings. The van der Waals surface area contributed by atoms with Gasteiger partial charge in [0.2, 0.25) is 0 Å². The van der Waals surface area contributed by atoms with Gasteiger partial charge in [-0.25, -0.2) is 9.99 Å². The fraction of sp³-hybridized carbons (Fsp3) is 0.160. The average molecular weight is 530 g/mol. The van der Waals surface area contributed by atoms with E-state index in [0.717, 1.165) is 22.8 Å². The second-order valence-electron chi connectivity index (χ2n) is 8.74. The highest BCUT2D eigenvalue weighted by Crippen LogP contribution is 2.49. The number of aryl methyl sites for hydroxylation is 1. The number of rotatable bonds is 6. The van der Waals surface area contributed by atoms with Crippen molar-refractivity contribution in [2.45, 2.75) is 23.4 Å². The topological polar surface area (TPSA) is 142 Å². The lowest BCUT2D eigenvalue weighted by Gasteiger charge is -2.26. The van der Waals surface area contributed by atoms with E-state index in [1.54, 1.807) is 16.8 Å². The van der Waals surface area contributed by atoms with Crippen molar-refractivity contribution in [3.8, 4) is 17.1 Å². The van der Waals surface area contributed by atoms with E-state index in [2.05, 4.69) is 0 Å². The van der Waals surface area contributed by atoms with Crippen LogP contribution in [0.25, 0.3) is 11.4 Å². The van der Waals surface area contributed by atoms with E-state index in [1.165, 1.54) is 23.9 Å². The lowest BCUT2D eigenvalue weighted by atomic mass is 10.0. The summed E-state index contributed by atoms with van der Waals surface area (Å²) in [5.41, 5.74) is 2.18. The molecule has 2 unspecified atom stereocenters. The van der Waals surface area contributed by atoms with Crippen molar-refractivity contribution >= 4 is 34.7 Å². The number of nitro benzene ring substituents is 2. The van der Waals surface area contributed by atoms with E-state index >= 15 is 0 Å². The predicted molar refractivity (Wildman–Crippen MR) is 141 cm³/mol. The van der Waals surface area contributed by atoms with Crippen molar-refractivity contribution in [2.75, 3.05) is 12.1 Å². The van der Waals surface area contributed by atoms with Crippen molar-refractivity contribution in [1.29, 1.82) is 0 Å². The first-order valence-corrected chi connectivity index (χ1v) is 12.4. The first-order valence-electron chi connectivity index (χ1n) is 11.5.